The number of aryl methyl sites for hydroxylation is 1. The number of benzene rings is 1. The zero-order valence-corrected chi connectivity index (χ0v) is 10.1. The summed E-state index contributed by atoms with van der Waals surface area (Å²) in [6.07, 6.45) is -0.554. The first-order valence-electron chi connectivity index (χ1n) is 5.34. The SMILES string of the molecule is COC(=O)Nc1cccc(-n2[nH]c(C)cc2=O)c1. The number of methoxy groups -OCH3 is 1. The Bertz CT molecular complexity index is 627. The normalized spacial score (nSPS) is 10.1. The summed E-state index contributed by atoms with van der Waals surface area (Å²) in [7, 11) is 1.29. The van der Waals surface area contributed by atoms with Gasteiger partial charge in [0.25, 0.3) is 5.56 Å². The molecule has 0 unspecified atom stereocenters. The van der Waals surface area contributed by atoms with Crippen molar-refractivity contribution in [2.24, 2.45) is 0 Å². The maximum Gasteiger partial charge on any atom is 0.411 e. The van der Waals surface area contributed by atoms with Gasteiger partial charge < -0.3 is 4.74 Å². The van der Waals surface area contributed by atoms with Crippen molar-refractivity contribution in [2.45, 2.75) is 6.92 Å². The van der Waals surface area contributed by atoms with Crippen molar-refractivity contribution in [1.82, 2.24) is 9.78 Å². The lowest BCUT2D eigenvalue weighted by molar-refractivity contribution is 0.187. The third kappa shape index (κ3) is 2.42. The monoisotopic (exact) mass is 247 g/mol. The molecule has 2 rings (SSSR count). The molecule has 18 heavy (non-hydrogen) atoms. The summed E-state index contributed by atoms with van der Waals surface area (Å²) in [6, 6.07) is 8.39. The summed E-state index contributed by atoms with van der Waals surface area (Å²) < 4.78 is 5.90. The molecule has 1 heterocycles. The van der Waals surface area contributed by atoms with Gasteiger partial charge in [0.2, 0.25) is 0 Å². The molecule has 0 bridgehead atoms. The van der Waals surface area contributed by atoms with Gasteiger partial charge in [-0.1, -0.05) is 6.07 Å². The molecule has 0 aliphatic carbocycles. The van der Waals surface area contributed by atoms with Crippen molar-refractivity contribution in [3.63, 3.8) is 0 Å². The number of nitrogens with one attached hydrogen (secondary N) is 2. The highest BCUT2D eigenvalue weighted by Gasteiger charge is 2.05. The second-order valence-corrected chi connectivity index (χ2v) is 3.78. The average Bonchev–Trinajstić information content (AvgIpc) is 2.68. The molecule has 0 atom stereocenters. The number of carbonyl (C=O) groups is 1. The predicted molar refractivity (Wildman–Crippen MR) is 67.2 cm³/mol. The highest BCUT2D eigenvalue weighted by molar-refractivity contribution is 5.84. The van der Waals surface area contributed by atoms with E-state index in [-0.39, 0.29) is 5.56 Å². The maximum atomic E-state index is 11.6. The summed E-state index contributed by atoms with van der Waals surface area (Å²) in [5.41, 5.74) is 1.81. The first-order chi connectivity index (χ1) is 8.60. The molecule has 94 valence electrons. The maximum absolute atomic E-state index is 11.6. The number of aromatic amines is 1. The number of H-pyrrole nitrogens is 1. The number of aromatic nitrogens is 2. The minimum Gasteiger partial charge on any atom is -0.453 e. The van der Waals surface area contributed by atoms with Crippen LogP contribution in [0.4, 0.5) is 10.5 Å². The number of hydrogen-bond acceptors (Lipinski definition) is 3. The van der Waals surface area contributed by atoms with E-state index in [0.29, 0.717) is 11.4 Å². The molecule has 1 amide bonds. The van der Waals surface area contributed by atoms with Gasteiger partial charge in [-0.3, -0.25) is 15.2 Å². The topological polar surface area (TPSA) is 76.1 Å². The van der Waals surface area contributed by atoms with Crippen LogP contribution in [0.25, 0.3) is 5.69 Å². The van der Waals surface area contributed by atoms with E-state index in [4.69, 9.17) is 0 Å². The van der Waals surface area contributed by atoms with Crippen LogP contribution < -0.4 is 10.9 Å². The van der Waals surface area contributed by atoms with E-state index in [1.165, 1.54) is 17.9 Å². The van der Waals surface area contributed by atoms with Gasteiger partial charge >= 0.3 is 6.09 Å². The number of carbonyl (C=O) groups excluding carboxylic acids is 1. The Morgan fingerprint density at radius 1 is 1.39 bits per heavy atom. The van der Waals surface area contributed by atoms with Gasteiger partial charge in [0.05, 0.1) is 12.8 Å². The average molecular weight is 247 g/mol. The fourth-order valence-corrected chi connectivity index (χ4v) is 1.60. The molecule has 6 heteroatoms. The smallest absolute Gasteiger partial charge is 0.411 e. The second kappa shape index (κ2) is 4.79. The van der Waals surface area contributed by atoms with Crippen LogP contribution in [0.15, 0.2) is 35.1 Å². The number of nitrogens with zero attached hydrogens (tertiary/aromatic N) is 1. The molecule has 0 aliphatic heterocycles. The zero-order valence-electron chi connectivity index (χ0n) is 10.1. The van der Waals surface area contributed by atoms with Gasteiger partial charge in [0, 0.05) is 17.4 Å². The standard InChI is InChI=1S/C12H13N3O3/c1-8-6-11(16)15(14-8)10-5-3-4-9(7-10)13-12(17)18-2/h3-7,14H,1-2H3,(H,13,17). The van der Waals surface area contributed by atoms with Crippen LogP contribution >= 0.6 is 0 Å². The van der Waals surface area contributed by atoms with Gasteiger partial charge in [0.1, 0.15) is 0 Å². The summed E-state index contributed by atoms with van der Waals surface area (Å²) in [5, 5.41) is 5.45. The minimum absolute atomic E-state index is 0.150. The fraction of sp³-hybridized carbons (Fsp3) is 0.167. The van der Waals surface area contributed by atoms with Gasteiger partial charge in [-0.05, 0) is 25.1 Å². The van der Waals surface area contributed by atoms with Crippen LogP contribution in [0.2, 0.25) is 0 Å². The van der Waals surface area contributed by atoms with E-state index in [2.05, 4.69) is 15.2 Å². The lowest BCUT2D eigenvalue weighted by atomic mass is 10.3. The van der Waals surface area contributed by atoms with Crippen LogP contribution in [0, 0.1) is 6.92 Å². The van der Waals surface area contributed by atoms with Gasteiger partial charge in [-0.2, -0.15) is 0 Å². The first-order valence-corrected chi connectivity index (χ1v) is 5.34. The van der Waals surface area contributed by atoms with E-state index in [0.717, 1.165) is 5.69 Å². The molecule has 1 aromatic carbocycles. The molecule has 0 saturated heterocycles. The Hall–Kier alpha value is -2.50. The molecule has 2 N–H and O–H groups in total. The van der Waals surface area contributed by atoms with Crippen LogP contribution in [0.5, 0.6) is 0 Å². The lowest BCUT2D eigenvalue weighted by Gasteiger charge is -2.06. The summed E-state index contributed by atoms with van der Waals surface area (Å²) >= 11 is 0. The van der Waals surface area contributed by atoms with Crippen molar-refractivity contribution >= 4 is 11.8 Å². The number of anilines is 1. The van der Waals surface area contributed by atoms with E-state index in [1.54, 1.807) is 31.2 Å². The summed E-state index contributed by atoms with van der Waals surface area (Å²) in [6.45, 7) is 1.80. The lowest BCUT2D eigenvalue weighted by Crippen LogP contribution is -2.15. The Morgan fingerprint density at radius 3 is 2.78 bits per heavy atom. The van der Waals surface area contributed by atoms with Crippen molar-refractivity contribution in [1.29, 1.82) is 0 Å². The zero-order chi connectivity index (χ0) is 13.1. The van der Waals surface area contributed by atoms with Gasteiger partial charge in [0.15, 0.2) is 0 Å². The third-order valence-corrected chi connectivity index (χ3v) is 2.38. The highest BCUT2D eigenvalue weighted by atomic mass is 16.5. The van der Waals surface area contributed by atoms with Crippen molar-refractivity contribution < 1.29 is 9.53 Å². The van der Waals surface area contributed by atoms with E-state index in [9.17, 15) is 9.59 Å². The Balaban J connectivity index is 2.35. The predicted octanol–water partition coefficient (Wildman–Crippen LogP) is 1.65. The molecule has 1 aromatic heterocycles. The molecule has 0 aliphatic rings. The third-order valence-electron chi connectivity index (χ3n) is 2.38. The van der Waals surface area contributed by atoms with E-state index < -0.39 is 6.09 Å². The molecule has 0 spiro atoms. The number of amides is 1. The summed E-state index contributed by atoms with van der Waals surface area (Å²) in [4.78, 5) is 22.7. The molecular weight excluding hydrogens is 234 g/mol. The second-order valence-electron chi connectivity index (χ2n) is 3.78. The Labute approximate surface area is 103 Å². The van der Waals surface area contributed by atoms with Crippen LogP contribution in [-0.4, -0.2) is 23.0 Å². The fourth-order valence-electron chi connectivity index (χ4n) is 1.60. The van der Waals surface area contributed by atoms with Crippen molar-refractivity contribution in [2.75, 3.05) is 12.4 Å². The largest absolute Gasteiger partial charge is 0.453 e. The quantitative estimate of drug-likeness (QED) is 0.847. The number of rotatable bonds is 2. The number of hydrogen-bond donors (Lipinski definition) is 2. The molecule has 6 nitrogen and oxygen atoms in total. The molecule has 0 saturated carbocycles. The van der Waals surface area contributed by atoms with Crippen molar-refractivity contribution in [3.05, 3.63) is 46.4 Å². The van der Waals surface area contributed by atoms with Gasteiger partial charge in [-0.25, -0.2) is 9.48 Å². The van der Waals surface area contributed by atoms with Crippen LogP contribution in [-0.2, 0) is 4.74 Å². The van der Waals surface area contributed by atoms with E-state index >= 15 is 0 Å². The first kappa shape index (κ1) is 12.0. The summed E-state index contributed by atoms with van der Waals surface area (Å²) in [5.74, 6) is 0. The minimum atomic E-state index is -0.554. The highest BCUT2D eigenvalue weighted by Crippen LogP contribution is 2.13. The molecule has 0 radical (unpaired) electrons. The molecule has 2 aromatic rings. The molecular formula is C12H13N3O3. The van der Waals surface area contributed by atoms with E-state index in [1.807, 2.05) is 0 Å². The van der Waals surface area contributed by atoms with Gasteiger partial charge in [-0.15, -0.1) is 0 Å². The van der Waals surface area contributed by atoms with Crippen molar-refractivity contribution in [3.8, 4) is 5.69 Å². The Morgan fingerprint density at radius 2 is 2.17 bits per heavy atom. The number of ether oxygens (including phenoxy) is 1. The Kier molecular flexibility index (Phi) is 3.18. The van der Waals surface area contributed by atoms with Crippen LogP contribution in [0.1, 0.15) is 5.69 Å². The molecule has 0 fully saturated rings. The van der Waals surface area contributed by atoms with Crippen LogP contribution in [0.3, 0.4) is 0 Å².